The van der Waals surface area contributed by atoms with Crippen LogP contribution in [-0.2, 0) is 6.61 Å². The van der Waals surface area contributed by atoms with Gasteiger partial charge >= 0.3 is 0 Å². The number of nitrogens with one attached hydrogen (secondary N) is 3. The molecule has 0 spiro atoms. The summed E-state index contributed by atoms with van der Waals surface area (Å²) in [6, 6.07) is 18.4. The Balaban J connectivity index is 1.62. The van der Waals surface area contributed by atoms with Crippen LogP contribution in [-0.4, -0.2) is 18.4 Å². The maximum Gasteiger partial charge on any atom is 0.228 e. The van der Waals surface area contributed by atoms with Gasteiger partial charge in [-0.25, -0.2) is 0 Å². The zero-order chi connectivity index (χ0) is 22.2. The summed E-state index contributed by atoms with van der Waals surface area (Å²) >= 11 is 23.8. The average molecular weight is 496 g/mol. The Morgan fingerprint density at radius 1 is 1.00 bits per heavy atom. The van der Waals surface area contributed by atoms with E-state index < -0.39 is 0 Å². The van der Waals surface area contributed by atoms with Gasteiger partial charge in [0.05, 0.1) is 17.2 Å². The van der Waals surface area contributed by atoms with Gasteiger partial charge in [0.15, 0.2) is 17.7 Å². The van der Waals surface area contributed by atoms with Gasteiger partial charge in [0, 0.05) is 21.8 Å². The fourth-order valence-corrected chi connectivity index (χ4v) is 3.45. The first-order chi connectivity index (χ1) is 15.0. The quantitative estimate of drug-likeness (QED) is 0.193. The summed E-state index contributed by atoms with van der Waals surface area (Å²) in [6.45, 7) is 0.150. The van der Waals surface area contributed by atoms with Crippen molar-refractivity contribution < 1.29 is 14.6 Å². The second-order valence-corrected chi connectivity index (χ2v) is 7.86. The lowest BCUT2D eigenvalue weighted by atomic mass is 10.2. The number of thiocarbonyl (C=S) groups is 1. The number of hydrogen-bond acceptors (Lipinski definition) is 3. The first-order valence-corrected chi connectivity index (χ1v) is 10.7. The predicted octanol–water partition coefficient (Wildman–Crippen LogP) is 4.64. The molecule has 0 aliphatic carbocycles. The SMILES string of the molecule is COc1cc(C=[NH+]NC(=S)Nc2ccccc2)ccc1OCc1c(Cl)ccc(Cl)c1Cl. The maximum atomic E-state index is 6.23. The average Bonchev–Trinajstić information content (AvgIpc) is 2.77. The third-order valence-corrected chi connectivity index (χ3v) is 5.56. The highest BCUT2D eigenvalue weighted by atomic mass is 35.5. The van der Waals surface area contributed by atoms with Gasteiger partial charge in [-0.05, 0) is 54.7 Å². The Morgan fingerprint density at radius 3 is 2.48 bits per heavy atom. The molecule has 0 amide bonds. The smallest absolute Gasteiger partial charge is 0.228 e. The molecule has 0 saturated carbocycles. The minimum absolute atomic E-state index is 0.150. The lowest BCUT2D eigenvalue weighted by molar-refractivity contribution is -0.499. The number of methoxy groups -OCH3 is 1. The fraction of sp³-hybridized carbons (Fsp3) is 0.0909. The van der Waals surface area contributed by atoms with E-state index in [0.717, 1.165) is 11.3 Å². The largest absolute Gasteiger partial charge is 0.493 e. The van der Waals surface area contributed by atoms with E-state index in [1.807, 2.05) is 42.5 Å². The molecule has 160 valence electrons. The Kier molecular flexibility index (Phi) is 8.37. The molecular weight excluding hydrogens is 477 g/mol. The standard InChI is InChI=1S/C22H18Cl3N3O2S/c1-29-20-11-14(12-26-28-22(31)27-15-5-3-2-4-6-15)7-10-19(20)30-13-16-17(23)8-9-18(24)21(16)25/h2-12H,13H2,1H3,(H2,27,28,31)/p+1. The number of para-hydroxylation sites is 1. The first-order valence-electron chi connectivity index (χ1n) is 9.12. The van der Waals surface area contributed by atoms with E-state index in [4.69, 9.17) is 56.5 Å². The molecule has 0 aliphatic rings. The van der Waals surface area contributed by atoms with Crippen molar-refractivity contribution >= 4 is 64.0 Å². The molecule has 0 unspecified atom stereocenters. The lowest BCUT2D eigenvalue weighted by Gasteiger charge is -2.13. The number of hydrazine groups is 1. The second-order valence-electron chi connectivity index (χ2n) is 6.25. The Labute approximate surface area is 200 Å². The summed E-state index contributed by atoms with van der Waals surface area (Å²) in [5.41, 5.74) is 5.25. The van der Waals surface area contributed by atoms with Crippen LogP contribution in [0.5, 0.6) is 11.5 Å². The van der Waals surface area contributed by atoms with E-state index in [9.17, 15) is 0 Å². The molecule has 0 aliphatic heterocycles. The summed E-state index contributed by atoms with van der Waals surface area (Å²) < 4.78 is 11.3. The van der Waals surface area contributed by atoms with Crippen LogP contribution in [0.4, 0.5) is 5.69 Å². The van der Waals surface area contributed by atoms with Crippen LogP contribution in [0.3, 0.4) is 0 Å². The number of halogens is 3. The third-order valence-electron chi connectivity index (χ3n) is 4.15. The number of hydrazone groups is 1. The van der Waals surface area contributed by atoms with E-state index in [2.05, 4.69) is 15.8 Å². The van der Waals surface area contributed by atoms with Gasteiger partial charge in [-0.15, -0.1) is 10.5 Å². The van der Waals surface area contributed by atoms with Crippen LogP contribution in [0.2, 0.25) is 15.1 Å². The van der Waals surface area contributed by atoms with Crippen molar-refractivity contribution in [2.45, 2.75) is 6.61 Å². The van der Waals surface area contributed by atoms with Crippen LogP contribution in [0.1, 0.15) is 11.1 Å². The molecule has 3 aromatic rings. The molecule has 3 aromatic carbocycles. The monoisotopic (exact) mass is 494 g/mol. The van der Waals surface area contributed by atoms with Gasteiger partial charge < -0.3 is 14.8 Å². The molecule has 31 heavy (non-hydrogen) atoms. The highest BCUT2D eigenvalue weighted by Gasteiger charge is 2.13. The third kappa shape index (κ3) is 6.48. The highest BCUT2D eigenvalue weighted by Crippen LogP contribution is 2.34. The zero-order valence-electron chi connectivity index (χ0n) is 16.4. The van der Waals surface area contributed by atoms with Gasteiger partial charge in [-0.1, -0.05) is 53.0 Å². The van der Waals surface area contributed by atoms with Crippen LogP contribution >= 0.6 is 47.0 Å². The first kappa shape index (κ1) is 23.2. The van der Waals surface area contributed by atoms with Crippen LogP contribution in [0.15, 0.2) is 60.7 Å². The Bertz CT molecular complexity index is 1090. The number of benzene rings is 3. The van der Waals surface area contributed by atoms with Crippen molar-refractivity contribution in [2.24, 2.45) is 0 Å². The second kappa shape index (κ2) is 11.2. The molecule has 5 nitrogen and oxygen atoms in total. The molecule has 0 radical (unpaired) electrons. The highest BCUT2D eigenvalue weighted by molar-refractivity contribution is 7.80. The summed E-state index contributed by atoms with van der Waals surface area (Å²) in [5, 5.41) is 7.71. The van der Waals surface area contributed by atoms with Gasteiger partial charge in [-0.3, -0.25) is 0 Å². The summed E-state index contributed by atoms with van der Waals surface area (Å²) in [4.78, 5) is 0. The minimum Gasteiger partial charge on any atom is -0.493 e. The van der Waals surface area contributed by atoms with Crippen molar-refractivity contribution in [3.8, 4) is 11.5 Å². The maximum absolute atomic E-state index is 6.23. The summed E-state index contributed by atoms with van der Waals surface area (Å²) in [6.07, 6.45) is 1.75. The van der Waals surface area contributed by atoms with Crippen LogP contribution < -0.4 is 25.3 Å². The Morgan fingerprint density at radius 2 is 1.74 bits per heavy atom. The molecule has 3 N–H and O–H groups in total. The van der Waals surface area contributed by atoms with Crippen molar-refractivity contribution in [3.63, 3.8) is 0 Å². The molecule has 0 heterocycles. The summed E-state index contributed by atoms with van der Waals surface area (Å²) in [5.74, 6) is 1.09. The summed E-state index contributed by atoms with van der Waals surface area (Å²) in [7, 11) is 1.57. The van der Waals surface area contributed by atoms with E-state index in [-0.39, 0.29) is 6.61 Å². The van der Waals surface area contributed by atoms with Gasteiger partial charge in [0.1, 0.15) is 6.61 Å². The normalized spacial score (nSPS) is 10.7. The van der Waals surface area contributed by atoms with Crippen molar-refractivity contribution in [1.29, 1.82) is 0 Å². The number of rotatable bonds is 7. The van der Waals surface area contributed by atoms with E-state index >= 15 is 0 Å². The van der Waals surface area contributed by atoms with Gasteiger partial charge in [-0.2, -0.15) is 0 Å². The van der Waals surface area contributed by atoms with Crippen molar-refractivity contribution in [2.75, 3.05) is 12.4 Å². The van der Waals surface area contributed by atoms with E-state index in [0.29, 0.717) is 37.2 Å². The van der Waals surface area contributed by atoms with Crippen LogP contribution in [0.25, 0.3) is 0 Å². The van der Waals surface area contributed by atoms with Crippen molar-refractivity contribution in [1.82, 2.24) is 5.43 Å². The van der Waals surface area contributed by atoms with Crippen LogP contribution in [0, 0.1) is 0 Å². The van der Waals surface area contributed by atoms with E-state index in [1.165, 1.54) is 0 Å². The molecule has 0 aromatic heterocycles. The predicted molar refractivity (Wildman–Crippen MR) is 131 cm³/mol. The van der Waals surface area contributed by atoms with Gasteiger partial charge in [0.2, 0.25) is 5.11 Å². The van der Waals surface area contributed by atoms with Crippen molar-refractivity contribution in [3.05, 3.63) is 86.9 Å². The number of anilines is 1. The minimum atomic E-state index is 0.150. The molecular formula is C22H19Cl3N3O2S+. The zero-order valence-corrected chi connectivity index (χ0v) is 19.5. The lowest BCUT2D eigenvalue weighted by Crippen LogP contribution is -2.82. The Hall–Kier alpha value is -2.51. The fourth-order valence-electron chi connectivity index (χ4n) is 2.61. The molecule has 0 atom stereocenters. The molecule has 0 bridgehead atoms. The molecule has 9 heteroatoms. The number of ether oxygens (including phenoxy) is 2. The number of hydrogen-bond donors (Lipinski definition) is 3. The topological polar surface area (TPSA) is 56.5 Å². The molecule has 0 saturated heterocycles. The molecule has 3 rings (SSSR count). The van der Waals surface area contributed by atoms with E-state index in [1.54, 1.807) is 31.5 Å². The molecule has 0 fully saturated rings. The van der Waals surface area contributed by atoms with Gasteiger partial charge in [0.25, 0.3) is 0 Å².